The Balaban J connectivity index is 3.47. The van der Waals surface area contributed by atoms with Crippen LogP contribution < -0.4 is 5.73 Å². The van der Waals surface area contributed by atoms with Crippen LogP contribution in [0.15, 0.2) is 12.2 Å². The Kier molecular flexibility index (Phi) is 7.99. The Morgan fingerprint density at radius 3 is 2.62 bits per heavy atom. The van der Waals surface area contributed by atoms with Crippen LogP contribution >= 0.6 is 0 Å². The molecule has 0 aromatic heterocycles. The molecule has 0 fully saturated rings. The predicted octanol–water partition coefficient (Wildman–Crippen LogP) is 0.803. The van der Waals surface area contributed by atoms with Gasteiger partial charge in [-0.3, -0.25) is 0 Å². The molecule has 0 unspecified atom stereocenters. The Morgan fingerprint density at radius 1 is 1.38 bits per heavy atom. The molecule has 0 spiro atoms. The Bertz CT molecular complexity index is 137. The zero-order valence-corrected chi connectivity index (χ0v) is 8.32. The number of hydrogen-bond acceptors (Lipinski definition) is 3. The predicted molar refractivity (Wildman–Crippen MR) is 54.4 cm³/mol. The van der Waals surface area contributed by atoms with Crippen LogP contribution in [0.3, 0.4) is 0 Å². The van der Waals surface area contributed by atoms with Crippen molar-refractivity contribution in [1.82, 2.24) is 0 Å². The van der Waals surface area contributed by atoms with Crippen LogP contribution in [0.4, 0.5) is 0 Å². The van der Waals surface area contributed by atoms with E-state index in [1.165, 1.54) is 12.8 Å². The largest absolute Gasteiger partial charge is 0.395 e. The fourth-order valence-electron chi connectivity index (χ4n) is 0.999. The maximum absolute atomic E-state index is 9.30. The molecule has 0 aliphatic heterocycles. The maximum atomic E-state index is 9.30. The summed E-state index contributed by atoms with van der Waals surface area (Å²) in [4.78, 5) is 0. The summed E-state index contributed by atoms with van der Waals surface area (Å²) in [7, 11) is 0. The van der Waals surface area contributed by atoms with E-state index in [1.807, 2.05) is 6.08 Å². The average Bonchev–Trinajstić information content (AvgIpc) is 2.16. The van der Waals surface area contributed by atoms with Gasteiger partial charge in [-0.2, -0.15) is 0 Å². The summed E-state index contributed by atoms with van der Waals surface area (Å²) >= 11 is 0. The zero-order valence-electron chi connectivity index (χ0n) is 8.32. The lowest BCUT2D eigenvalue weighted by molar-refractivity contribution is 0.144. The molecule has 0 aliphatic carbocycles. The first-order chi connectivity index (χ1) is 6.22. The van der Waals surface area contributed by atoms with Crippen LogP contribution in [0.2, 0.25) is 0 Å². The lowest BCUT2D eigenvalue weighted by Crippen LogP contribution is -2.36. The van der Waals surface area contributed by atoms with Crippen molar-refractivity contribution >= 4 is 0 Å². The van der Waals surface area contributed by atoms with Gasteiger partial charge in [0.15, 0.2) is 0 Å². The van der Waals surface area contributed by atoms with E-state index in [0.29, 0.717) is 0 Å². The summed E-state index contributed by atoms with van der Waals surface area (Å²) in [5, 5.41) is 17.9. The van der Waals surface area contributed by atoms with E-state index >= 15 is 0 Å². The molecule has 0 heterocycles. The lowest BCUT2D eigenvalue weighted by Gasteiger charge is -2.11. The van der Waals surface area contributed by atoms with Gasteiger partial charge in [-0.1, -0.05) is 31.9 Å². The minimum Gasteiger partial charge on any atom is -0.395 e. The van der Waals surface area contributed by atoms with Gasteiger partial charge in [0.25, 0.3) is 0 Å². The first kappa shape index (κ1) is 12.6. The summed E-state index contributed by atoms with van der Waals surface area (Å²) < 4.78 is 0. The van der Waals surface area contributed by atoms with Gasteiger partial charge in [0.2, 0.25) is 0 Å². The highest BCUT2D eigenvalue weighted by Crippen LogP contribution is 2.01. The van der Waals surface area contributed by atoms with Crippen molar-refractivity contribution in [2.24, 2.45) is 5.73 Å². The molecule has 2 atom stereocenters. The van der Waals surface area contributed by atoms with Gasteiger partial charge in [-0.05, 0) is 12.8 Å². The summed E-state index contributed by atoms with van der Waals surface area (Å²) in [5.74, 6) is 0. The molecule has 3 heteroatoms. The van der Waals surface area contributed by atoms with E-state index in [2.05, 4.69) is 6.92 Å². The number of nitrogens with two attached hydrogens (primary N) is 1. The van der Waals surface area contributed by atoms with Crippen molar-refractivity contribution in [3.05, 3.63) is 12.2 Å². The number of rotatable bonds is 7. The molecule has 0 radical (unpaired) electrons. The van der Waals surface area contributed by atoms with Crippen molar-refractivity contribution in [1.29, 1.82) is 0 Å². The fraction of sp³-hybridized carbons (Fsp3) is 0.800. The van der Waals surface area contributed by atoms with Crippen molar-refractivity contribution in [3.63, 3.8) is 0 Å². The quantitative estimate of drug-likeness (QED) is 0.408. The summed E-state index contributed by atoms with van der Waals surface area (Å²) in [6, 6.07) is -0.553. The van der Waals surface area contributed by atoms with E-state index in [0.717, 1.165) is 12.8 Å². The highest BCUT2D eigenvalue weighted by Gasteiger charge is 2.08. The normalized spacial score (nSPS) is 16.3. The third-order valence-corrected chi connectivity index (χ3v) is 1.96. The second-order valence-electron chi connectivity index (χ2n) is 3.26. The first-order valence-electron chi connectivity index (χ1n) is 4.93. The Hall–Kier alpha value is -0.380. The van der Waals surface area contributed by atoms with Crippen LogP contribution in [0.25, 0.3) is 0 Å². The van der Waals surface area contributed by atoms with Crippen molar-refractivity contribution < 1.29 is 10.2 Å². The van der Waals surface area contributed by atoms with E-state index in [4.69, 9.17) is 10.8 Å². The molecule has 0 saturated heterocycles. The molecule has 0 aromatic rings. The number of aliphatic hydroxyl groups is 2. The minimum atomic E-state index is -0.716. The van der Waals surface area contributed by atoms with Crippen molar-refractivity contribution in [2.45, 2.75) is 44.8 Å². The molecule has 0 saturated carbocycles. The first-order valence-corrected chi connectivity index (χ1v) is 4.93. The number of hydrogen-bond donors (Lipinski definition) is 3. The van der Waals surface area contributed by atoms with Gasteiger partial charge in [0.05, 0.1) is 18.8 Å². The molecule has 0 amide bonds. The Morgan fingerprint density at radius 2 is 2.08 bits per heavy atom. The zero-order chi connectivity index (χ0) is 10.1. The molecule has 4 N–H and O–H groups in total. The van der Waals surface area contributed by atoms with E-state index in [1.54, 1.807) is 6.08 Å². The molecule has 0 bridgehead atoms. The topological polar surface area (TPSA) is 66.5 Å². The molecule has 0 aliphatic rings. The van der Waals surface area contributed by atoms with Gasteiger partial charge in [0, 0.05) is 0 Å². The van der Waals surface area contributed by atoms with Crippen molar-refractivity contribution in [2.75, 3.05) is 6.61 Å². The molecular formula is C10H21NO2. The molecular weight excluding hydrogens is 166 g/mol. The van der Waals surface area contributed by atoms with Gasteiger partial charge in [-0.15, -0.1) is 0 Å². The highest BCUT2D eigenvalue weighted by molar-refractivity contribution is 4.93. The van der Waals surface area contributed by atoms with Crippen LogP contribution in [0.5, 0.6) is 0 Å². The average molecular weight is 187 g/mol. The van der Waals surface area contributed by atoms with Crippen molar-refractivity contribution in [3.8, 4) is 0 Å². The lowest BCUT2D eigenvalue weighted by atomic mass is 10.1. The maximum Gasteiger partial charge on any atom is 0.0894 e. The third-order valence-electron chi connectivity index (χ3n) is 1.96. The highest BCUT2D eigenvalue weighted by atomic mass is 16.3. The molecule has 3 nitrogen and oxygen atoms in total. The molecule has 78 valence electrons. The molecule has 0 aromatic carbocycles. The number of allylic oxidation sites excluding steroid dienone is 1. The second-order valence-corrected chi connectivity index (χ2v) is 3.26. The minimum absolute atomic E-state index is 0.180. The van der Waals surface area contributed by atoms with E-state index in [-0.39, 0.29) is 6.61 Å². The number of aliphatic hydroxyl groups excluding tert-OH is 2. The summed E-state index contributed by atoms with van der Waals surface area (Å²) in [6.07, 6.45) is 7.41. The summed E-state index contributed by atoms with van der Waals surface area (Å²) in [6.45, 7) is 1.97. The van der Waals surface area contributed by atoms with Crippen LogP contribution in [-0.2, 0) is 0 Å². The number of unbranched alkanes of at least 4 members (excludes halogenated alkanes) is 3. The fourth-order valence-corrected chi connectivity index (χ4v) is 0.999. The van der Waals surface area contributed by atoms with Gasteiger partial charge in [-0.25, -0.2) is 0 Å². The van der Waals surface area contributed by atoms with Gasteiger partial charge < -0.3 is 15.9 Å². The van der Waals surface area contributed by atoms with Crippen LogP contribution in [-0.4, -0.2) is 29.0 Å². The SMILES string of the molecule is CCCCCC=C[C@@H](O)[C@@H](N)CO. The Labute approximate surface area is 80.3 Å². The third kappa shape index (κ3) is 6.75. The van der Waals surface area contributed by atoms with Crippen LogP contribution in [0, 0.1) is 0 Å². The molecule has 0 rings (SSSR count). The van der Waals surface area contributed by atoms with Gasteiger partial charge >= 0.3 is 0 Å². The standard InChI is InChI=1S/C10H21NO2/c1-2-3-4-5-6-7-10(13)9(11)8-12/h6-7,9-10,12-13H,2-5,8,11H2,1H3/t9-,10+/m0/s1. The van der Waals surface area contributed by atoms with Crippen LogP contribution in [0.1, 0.15) is 32.6 Å². The van der Waals surface area contributed by atoms with E-state index in [9.17, 15) is 5.11 Å². The summed E-state index contributed by atoms with van der Waals surface area (Å²) in [5.41, 5.74) is 5.41. The monoisotopic (exact) mass is 187 g/mol. The van der Waals surface area contributed by atoms with Gasteiger partial charge in [0.1, 0.15) is 0 Å². The smallest absolute Gasteiger partial charge is 0.0894 e. The molecule has 13 heavy (non-hydrogen) atoms. The second kappa shape index (κ2) is 8.23. The van der Waals surface area contributed by atoms with E-state index < -0.39 is 12.1 Å².